The Balaban J connectivity index is 2.63. The zero-order chi connectivity index (χ0) is 14.8. The molecule has 0 aliphatic heterocycles. The van der Waals surface area contributed by atoms with Crippen molar-refractivity contribution in [3.05, 3.63) is 15.6 Å². The monoisotopic (exact) mass is 299 g/mol. The van der Waals surface area contributed by atoms with Crippen molar-refractivity contribution >= 4 is 11.3 Å². The highest BCUT2D eigenvalue weighted by molar-refractivity contribution is 7.11. The lowest BCUT2D eigenvalue weighted by atomic mass is 10.3. The number of rotatable bonds is 11. The van der Waals surface area contributed by atoms with Crippen molar-refractivity contribution in [2.45, 2.75) is 53.3 Å². The van der Waals surface area contributed by atoms with Gasteiger partial charge in [-0.15, -0.1) is 11.3 Å². The summed E-state index contributed by atoms with van der Waals surface area (Å²) in [4.78, 5) is 8.46. The molecular formula is C15H29N3OS. The van der Waals surface area contributed by atoms with Gasteiger partial charge in [-0.1, -0.05) is 27.2 Å². The molecule has 0 amide bonds. The standard InChI is InChI=1S/C15H29N3OS/c1-5-8-9-16-10-14-13(12-19-4)17-15(20-14)11-18(6-2)7-3/h16H,5-12H2,1-4H3. The van der Waals surface area contributed by atoms with Crippen LogP contribution in [0.3, 0.4) is 0 Å². The van der Waals surface area contributed by atoms with E-state index in [-0.39, 0.29) is 0 Å². The molecule has 0 aliphatic carbocycles. The van der Waals surface area contributed by atoms with Gasteiger partial charge in [-0.2, -0.15) is 0 Å². The van der Waals surface area contributed by atoms with Gasteiger partial charge in [0, 0.05) is 18.5 Å². The SMILES string of the molecule is CCCCNCc1sc(CN(CC)CC)nc1COC. The van der Waals surface area contributed by atoms with Crippen molar-refractivity contribution < 1.29 is 4.74 Å². The first-order chi connectivity index (χ1) is 9.74. The van der Waals surface area contributed by atoms with Crippen molar-refractivity contribution in [1.29, 1.82) is 0 Å². The van der Waals surface area contributed by atoms with E-state index in [1.165, 1.54) is 22.7 Å². The van der Waals surface area contributed by atoms with E-state index in [4.69, 9.17) is 9.72 Å². The van der Waals surface area contributed by atoms with Crippen molar-refractivity contribution in [3.8, 4) is 0 Å². The molecule has 4 nitrogen and oxygen atoms in total. The van der Waals surface area contributed by atoms with Gasteiger partial charge in [0.2, 0.25) is 0 Å². The van der Waals surface area contributed by atoms with Crippen molar-refractivity contribution in [2.24, 2.45) is 0 Å². The molecule has 0 aromatic carbocycles. The Hall–Kier alpha value is -0.490. The number of methoxy groups -OCH3 is 1. The molecule has 5 heteroatoms. The van der Waals surface area contributed by atoms with E-state index in [1.807, 2.05) is 11.3 Å². The lowest BCUT2D eigenvalue weighted by Crippen LogP contribution is -2.21. The highest BCUT2D eigenvalue weighted by Gasteiger charge is 2.12. The second-order valence-electron chi connectivity index (χ2n) is 4.90. The van der Waals surface area contributed by atoms with Crippen molar-refractivity contribution in [1.82, 2.24) is 15.2 Å². The van der Waals surface area contributed by atoms with E-state index in [1.54, 1.807) is 7.11 Å². The van der Waals surface area contributed by atoms with Gasteiger partial charge >= 0.3 is 0 Å². The average molecular weight is 299 g/mol. The van der Waals surface area contributed by atoms with E-state index >= 15 is 0 Å². The highest BCUT2D eigenvalue weighted by atomic mass is 32.1. The Labute approximate surface area is 127 Å². The number of hydrogen-bond acceptors (Lipinski definition) is 5. The van der Waals surface area contributed by atoms with E-state index in [9.17, 15) is 0 Å². The normalized spacial score (nSPS) is 11.4. The fourth-order valence-electron chi connectivity index (χ4n) is 2.03. The maximum Gasteiger partial charge on any atom is 0.107 e. The molecule has 1 N–H and O–H groups in total. The number of hydrogen-bond donors (Lipinski definition) is 1. The average Bonchev–Trinajstić information content (AvgIpc) is 2.83. The van der Waals surface area contributed by atoms with Crippen LogP contribution >= 0.6 is 11.3 Å². The number of nitrogens with zero attached hydrogens (tertiary/aromatic N) is 2. The van der Waals surface area contributed by atoms with Gasteiger partial charge < -0.3 is 10.1 Å². The number of thiazole rings is 1. The number of unbranched alkanes of at least 4 members (excludes halogenated alkanes) is 1. The zero-order valence-corrected chi connectivity index (χ0v) is 14.2. The highest BCUT2D eigenvalue weighted by Crippen LogP contribution is 2.21. The topological polar surface area (TPSA) is 37.4 Å². The number of ether oxygens (including phenoxy) is 1. The largest absolute Gasteiger partial charge is 0.378 e. The molecule has 0 spiro atoms. The van der Waals surface area contributed by atoms with E-state index in [0.717, 1.165) is 38.4 Å². The molecule has 0 bridgehead atoms. The third-order valence-electron chi connectivity index (χ3n) is 3.35. The summed E-state index contributed by atoms with van der Waals surface area (Å²) in [6.45, 7) is 12.3. The minimum absolute atomic E-state index is 0.611. The number of nitrogens with one attached hydrogen (secondary N) is 1. The van der Waals surface area contributed by atoms with Crippen LogP contribution in [0, 0.1) is 0 Å². The van der Waals surface area contributed by atoms with Crippen molar-refractivity contribution in [2.75, 3.05) is 26.7 Å². The molecule has 1 heterocycles. The molecule has 0 fully saturated rings. The molecule has 1 aromatic rings. The Morgan fingerprint density at radius 3 is 2.60 bits per heavy atom. The Morgan fingerprint density at radius 2 is 2.00 bits per heavy atom. The fraction of sp³-hybridized carbons (Fsp3) is 0.800. The first-order valence-corrected chi connectivity index (χ1v) is 8.46. The lowest BCUT2D eigenvalue weighted by Gasteiger charge is -2.15. The minimum Gasteiger partial charge on any atom is -0.378 e. The molecule has 116 valence electrons. The summed E-state index contributed by atoms with van der Waals surface area (Å²) in [6.07, 6.45) is 2.46. The minimum atomic E-state index is 0.611. The zero-order valence-electron chi connectivity index (χ0n) is 13.4. The van der Waals surface area contributed by atoms with Gasteiger partial charge in [-0.05, 0) is 26.1 Å². The molecular weight excluding hydrogens is 270 g/mol. The summed E-state index contributed by atoms with van der Waals surface area (Å²) < 4.78 is 5.27. The van der Waals surface area contributed by atoms with Gasteiger partial charge in [0.15, 0.2) is 0 Å². The predicted molar refractivity (Wildman–Crippen MR) is 86.1 cm³/mol. The molecule has 1 aromatic heterocycles. The Kier molecular flexibility index (Phi) is 9.02. The van der Waals surface area contributed by atoms with Crippen LogP contribution in [0.15, 0.2) is 0 Å². The summed E-state index contributed by atoms with van der Waals surface area (Å²) in [5, 5.41) is 4.70. The van der Waals surface area contributed by atoms with Gasteiger partial charge in [-0.3, -0.25) is 4.90 Å². The van der Waals surface area contributed by atoms with E-state index in [2.05, 4.69) is 31.0 Å². The van der Waals surface area contributed by atoms with Crippen LogP contribution in [0.1, 0.15) is 49.2 Å². The molecule has 0 atom stereocenters. The second kappa shape index (κ2) is 10.3. The van der Waals surface area contributed by atoms with E-state index < -0.39 is 0 Å². The van der Waals surface area contributed by atoms with Crippen LogP contribution in [0.4, 0.5) is 0 Å². The first-order valence-electron chi connectivity index (χ1n) is 7.64. The van der Waals surface area contributed by atoms with Crippen LogP contribution in [0.25, 0.3) is 0 Å². The molecule has 0 radical (unpaired) electrons. The smallest absolute Gasteiger partial charge is 0.107 e. The maximum atomic E-state index is 5.27. The first kappa shape index (κ1) is 17.6. The van der Waals surface area contributed by atoms with Crippen LogP contribution in [-0.4, -0.2) is 36.6 Å². The van der Waals surface area contributed by atoms with E-state index in [0.29, 0.717) is 6.61 Å². The molecule has 1 rings (SSSR count). The molecule has 0 aliphatic rings. The molecule has 0 saturated heterocycles. The number of aromatic nitrogens is 1. The van der Waals surface area contributed by atoms with Crippen LogP contribution < -0.4 is 5.32 Å². The Bertz CT molecular complexity index is 364. The summed E-state index contributed by atoms with van der Waals surface area (Å²) in [5.41, 5.74) is 1.10. The van der Waals surface area contributed by atoms with Crippen LogP contribution in [0.2, 0.25) is 0 Å². The quantitative estimate of drug-likeness (QED) is 0.637. The van der Waals surface area contributed by atoms with Gasteiger partial charge in [0.05, 0.1) is 18.8 Å². The Morgan fingerprint density at radius 1 is 1.25 bits per heavy atom. The van der Waals surface area contributed by atoms with Crippen LogP contribution in [0.5, 0.6) is 0 Å². The third-order valence-corrected chi connectivity index (χ3v) is 4.43. The molecule has 0 saturated carbocycles. The molecule has 20 heavy (non-hydrogen) atoms. The third kappa shape index (κ3) is 5.87. The van der Waals surface area contributed by atoms with Gasteiger partial charge in [-0.25, -0.2) is 4.98 Å². The van der Waals surface area contributed by atoms with Gasteiger partial charge in [0.25, 0.3) is 0 Å². The summed E-state index contributed by atoms with van der Waals surface area (Å²) in [7, 11) is 1.73. The van der Waals surface area contributed by atoms with Crippen LogP contribution in [-0.2, 0) is 24.4 Å². The fourth-order valence-corrected chi connectivity index (χ4v) is 3.12. The predicted octanol–water partition coefficient (Wildman–Crippen LogP) is 3.02. The second-order valence-corrected chi connectivity index (χ2v) is 6.07. The molecule has 0 unspecified atom stereocenters. The van der Waals surface area contributed by atoms with Crippen molar-refractivity contribution in [3.63, 3.8) is 0 Å². The summed E-state index contributed by atoms with van der Waals surface area (Å²) in [6, 6.07) is 0. The summed E-state index contributed by atoms with van der Waals surface area (Å²) in [5.74, 6) is 0. The van der Waals surface area contributed by atoms with Gasteiger partial charge in [0.1, 0.15) is 5.01 Å². The summed E-state index contributed by atoms with van der Waals surface area (Å²) >= 11 is 1.82. The lowest BCUT2D eigenvalue weighted by molar-refractivity contribution is 0.181. The maximum absolute atomic E-state index is 5.27.